The number of oxime groups is 1. The van der Waals surface area contributed by atoms with Gasteiger partial charge in [0, 0.05) is 16.9 Å². The van der Waals surface area contributed by atoms with E-state index in [-0.39, 0.29) is 46.1 Å². The Morgan fingerprint density at radius 3 is 2.79 bits per heavy atom. The number of carboxylic acid groups (broad SMARTS) is 1. The van der Waals surface area contributed by atoms with Crippen molar-refractivity contribution in [3.05, 3.63) is 28.2 Å². The molecule has 2 aromatic rings. The monoisotopic (exact) mass is 535 g/mol. The number of nitrogens with zero attached hydrogens (tertiary/aromatic N) is 5. The van der Waals surface area contributed by atoms with Gasteiger partial charge in [-0.25, -0.2) is 9.97 Å². The van der Waals surface area contributed by atoms with Crippen LogP contribution in [0.1, 0.15) is 11.5 Å². The van der Waals surface area contributed by atoms with Crippen LogP contribution >= 0.6 is 46.4 Å². The number of amides is 2. The molecule has 1 saturated heterocycles. The van der Waals surface area contributed by atoms with Gasteiger partial charge in [-0.05, 0) is 24.0 Å². The van der Waals surface area contributed by atoms with Gasteiger partial charge < -0.3 is 26.2 Å². The van der Waals surface area contributed by atoms with E-state index in [0.717, 1.165) is 16.2 Å². The number of fused-ring (bicyclic) bond motifs is 1. The number of aromatic nitrogens is 3. The normalized spacial score (nSPS) is 20.1. The molecule has 4 rings (SSSR count). The standard InChI is InChI=1S/C16H15N7O5S4.Na/c1-5-18-16(32-22-5)31-3-6-2-29-13-9(12(25)23(13)10(6)14(26)27)20-11(24)8(21-28)7-4-30-15(17)19-7;/h4,9,13,28H,2-3H2,1H3,(H2,17,19)(H,20,24)(H,26,27);/q;+1/p-1/b21-8+;. The molecule has 2 aliphatic heterocycles. The van der Waals surface area contributed by atoms with Crippen LogP contribution in [0.15, 0.2) is 26.1 Å². The number of nitrogens with two attached hydrogens (primary N) is 1. The van der Waals surface area contributed by atoms with Crippen LogP contribution in [0.3, 0.4) is 0 Å². The fraction of sp³-hybridized carbons (Fsp3) is 0.312. The van der Waals surface area contributed by atoms with Crippen molar-refractivity contribution in [1.29, 1.82) is 0 Å². The number of thioether (sulfide) groups is 2. The first-order valence-corrected chi connectivity index (χ1v) is 12.5. The SMILES string of the molecule is Cc1nsc(SCC2=C(C(=O)[O-])N3C(=O)C(NC(=O)/C(=N/O)c4csc(N)n4)C3SC2)n1.[Na+]. The average molecular weight is 536 g/mol. The van der Waals surface area contributed by atoms with Gasteiger partial charge in [0.2, 0.25) is 0 Å². The van der Waals surface area contributed by atoms with Crippen LogP contribution in [0.4, 0.5) is 5.13 Å². The molecule has 0 aliphatic carbocycles. The van der Waals surface area contributed by atoms with Crippen molar-refractivity contribution in [3.63, 3.8) is 0 Å². The molecule has 2 aromatic heterocycles. The van der Waals surface area contributed by atoms with Gasteiger partial charge in [0.25, 0.3) is 11.8 Å². The number of hydrogen-bond acceptors (Lipinski definition) is 14. The zero-order chi connectivity index (χ0) is 23.0. The molecule has 168 valence electrons. The number of thiazole rings is 1. The van der Waals surface area contributed by atoms with E-state index in [9.17, 15) is 24.7 Å². The van der Waals surface area contributed by atoms with Gasteiger partial charge in [0.1, 0.15) is 22.9 Å². The van der Waals surface area contributed by atoms with Crippen molar-refractivity contribution in [2.75, 3.05) is 17.2 Å². The topological polar surface area (TPSA) is 187 Å². The molecule has 0 radical (unpaired) electrons. The fourth-order valence-corrected chi connectivity index (χ4v) is 6.77. The van der Waals surface area contributed by atoms with E-state index in [0.29, 0.717) is 27.2 Å². The number of hydrogen-bond donors (Lipinski definition) is 3. The Kier molecular flexibility index (Phi) is 8.41. The molecule has 2 aliphatic rings. The van der Waals surface area contributed by atoms with Gasteiger partial charge in [0.05, 0.1) is 11.7 Å². The van der Waals surface area contributed by atoms with Crippen LogP contribution in [-0.2, 0) is 14.4 Å². The summed E-state index contributed by atoms with van der Waals surface area (Å²) in [7, 11) is 0. The minimum Gasteiger partial charge on any atom is -0.543 e. The third-order valence-electron chi connectivity index (χ3n) is 4.49. The number of aliphatic carboxylic acids is 1. The Labute approximate surface area is 225 Å². The van der Waals surface area contributed by atoms with Crippen LogP contribution in [-0.4, -0.2) is 70.9 Å². The molecule has 2 amide bonds. The summed E-state index contributed by atoms with van der Waals surface area (Å²) in [5.41, 5.74) is 5.54. The van der Waals surface area contributed by atoms with Crippen LogP contribution in [0.5, 0.6) is 0 Å². The maximum absolute atomic E-state index is 12.7. The summed E-state index contributed by atoms with van der Waals surface area (Å²) in [6, 6.07) is -0.991. The zero-order valence-electron chi connectivity index (χ0n) is 17.2. The molecule has 2 unspecified atom stereocenters. The molecular formula is C16H14N7NaO5S4. The number of nitrogens with one attached hydrogen (secondary N) is 1. The number of carboxylic acids is 1. The van der Waals surface area contributed by atoms with Crippen molar-refractivity contribution in [2.45, 2.75) is 22.7 Å². The zero-order valence-corrected chi connectivity index (χ0v) is 22.4. The second-order valence-electron chi connectivity index (χ2n) is 6.52. The predicted octanol–water partition coefficient (Wildman–Crippen LogP) is -3.74. The number of nitrogen functional groups attached to an aromatic ring is 1. The Bertz CT molecular complexity index is 1170. The number of carbonyl (C=O) groups is 3. The molecule has 0 spiro atoms. The van der Waals surface area contributed by atoms with Crippen molar-refractivity contribution in [2.24, 2.45) is 5.16 Å². The Balaban J connectivity index is 0.00000306. The van der Waals surface area contributed by atoms with E-state index >= 15 is 0 Å². The summed E-state index contributed by atoms with van der Waals surface area (Å²) in [6.07, 6.45) is 0. The van der Waals surface area contributed by atoms with Gasteiger partial charge in [-0.1, -0.05) is 16.9 Å². The number of β-lactam (4-membered cyclic amide) rings is 1. The molecule has 17 heteroatoms. The largest absolute Gasteiger partial charge is 1.00 e. The molecule has 0 bridgehead atoms. The molecular weight excluding hydrogens is 521 g/mol. The first-order valence-electron chi connectivity index (χ1n) is 8.85. The molecule has 0 aromatic carbocycles. The number of rotatable bonds is 7. The third kappa shape index (κ3) is 5.21. The second-order valence-corrected chi connectivity index (χ2v) is 10.5. The van der Waals surface area contributed by atoms with Crippen molar-refractivity contribution < 1.29 is 54.3 Å². The second kappa shape index (κ2) is 10.7. The maximum atomic E-state index is 12.7. The predicted molar refractivity (Wildman–Crippen MR) is 117 cm³/mol. The van der Waals surface area contributed by atoms with E-state index in [1.54, 1.807) is 6.92 Å². The number of carbonyl (C=O) groups excluding carboxylic acids is 3. The summed E-state index contributed by atoms with van der Waals surface area (Å²) in [4.78, 5) is 46.3. The third-order valence-corrected chi connectivity index (χ3v) is 8.51. The van der Waals surface area contributed by atoms with E-state index in [1.807, 2.05) is 0 Å². The Morgan fingerprint density at radius 2 is 2.21 bits per heavy atom. The number of aryl methyl sites for hydroxylation is 1. The number of anilines is 1. The smallest absolute Gasteiger partial charge is 0.543 e. The average Bonchev–Trinajstić information content (AvgIpc) is 3.38. The molecule has 33 heavy (non-hydrogen) atoms. The molecule has 1 fully saturated rings. The van der Waals surface area contributed by atoms with E-state index in [2.05, 4.69) is 24.8 Å². The van der Waals surface area contributed by atoms with Crippen molar-refractivity contribution in [3.8, 4) is 0 Å². The minimum atomic E-state index is -1.46. The molecule has 0 saturated carbocycles. The molecule has 12 nitrogen and oxygen atoms in total. The maximum Gasteiger partial charge on any atom is 1.00 e. The molecule has 4 N–H and O–H groups in total. The molecule has 4 heterocycles. The van der Waals surface area contributed by atoms with Crippen molar-refractivity contribution in [1.82, 2.24) is 24.6 Å². The molecule has 2 atom stereocenters. The first-order chi connectivity index (χ1) is 15.3. The summed E-state index contributed by atoms with van der Waals surface area (Å²) < 4.78 is 4.78. The van der Waals surface area contributed by atoms with Crippen LogP contribution in [0.25, 0.3) is 0 Å². The summed E-state index contributed by atoms with van der Waals surface area (Å²) in [5.74, 6) is -1.62. The Morgan fingerprint density at radius 1 is 1.45 bits per heavy atom. The fourth-order valence-electron chi connectivity index (χ4n) is 3.09. The quantitative estimate of drug-likeness (QED) is 0.0790. The Hall–Kier alpha value is -1.69. The van der Waals surface area contributed by atoms with Gasteiger partial charge in [0.15, 0.2) is 15.2 Å². The van der Waals surface area contributed by atoms with E-state index < -0.39 is 34.9 Å². The van der Waals surface area contributed by atoms with Gasteiger partial charge in [-0.2, -0.15) is 4.37 Å². The van der Waals surface area contributed by atoms with Gasteiger partial charge >= 0.3 is 29.6 Å². The summed E-state index contributed by atoms with van der Waals surface area (Å²) in [6.45, 7) is 1.76. The van der Waals surface area contributed by atoms with Crippen LogP contribution in [0.2, 0.25) is 0 Å². The summed E-state index contributed by atoms with van der Waals surface area (Å²) in [5, 5.41) is 27.5. The van der Waals surface area contributed by atoms with Crippen LogP contribution < -0.4 is 45.7 Å². The van der Waals surface area contributed by atoms with Crippen LogP contribution in [0, 0.1) is 6.92 Å². The first kappa shape index (κ1) is 25.9. The van der Waals surface area contributed by atoms with Crippen molar-refractivity contribution >= 4 is 75.0 Å². The van der Waals surface area contributed by atoms with E-state index in [4.69, 9.17) is 5.73 Å². The van der Waals surface area contributed by atoms with Gasteiger partial charge in [-0.3, -0.25) is 14.5 Å². The van der Waals surface area contributed by atoms with Gasteiger partial charge in [-0.15, -0.1) is 23.1 Å². The minimum absolute atomic E-state index is 0. The van der Waals surface area contributed by atoms with E-state index in [1.165, 1.54) is 40.4 Å². The summed E-state index contributed by atoms with van der Waals surface area (Å²) >= 11 is 4.92.